The monoisotopic (exact) mass is 482 g/mol. The fourth-order valence-corrected chi connectivity index (χ4v) is 3.93. The molecule has 1 N–H and O–H groups in total. The van der Waals surface area contributed by atoms with Gasteiger partial charge in [0.1, 0.15) is 11.5 Å². The standard InChI is InChI=1S/C20H10Cl4N2O2S/c21-13-4-1-10(7-15(13)23)17-6-3-12(28-17)9-18-19(27)26-20(29-18)25-11-2-5-14(22)16(24)8-11/h1-9H,(H,25,26,27). The van der Waals surface area contributed by atoms with Crippen LogP contribution in [0.2, 0.25) is 20.1 Å². The second-order valence-electron chi connectivity index (χ2n) is 5.91. The molecule has 1 aliphatic heterocycles. The third-order valence-electron chi connectivity index (χ3n) is 3.89. The van der Waals surface area contributed by atoms with Crippen molar-refractivity contribution in [3.8, 4) is 11.3 Å². The highest BCUT2D eigenvalue weighted by Gasteiger charge is 2.24. The van der Waals surface area contributed by atoms with Gasteiger partial charge in [0.15, 0.2) is 5.17 Å². The lowest BCUT2D eigenvalue weighted by molar-refractivity contribution is -0.115. The Kier molecular flexibility index (Phi) is 5.95. The molecule has 0 unspecified atom stereocenters. The van der Waals surface area contributed by atoms with Crippen LogP contribution in [0.4, 0.5) is 5.69 Å². The molecule has 146 valence electrons. The molecule has 0 radical (unpaired) electrons. The number of carbonyl (C=O) groups excluding carboxylic acids is 1. The van der Waals surface area contributed by atoms with E-state index in [1.165, 1.54) is 11.8 Å². The van der Waals surface area contributed by atoms with Crippen molar-refractivity contribution in [3.63, 3.8) is 0 Å². The Labute approximate surface area is 190 Å². The Morgan fingerprint density at radius 2 is 1.62 bits per heavy atom. The number of benzene rings is 2. The van der Waals surface area contributed by atoms with Gasteiger partial charge in [-0.05, 0) is 60.3 Å². The molecule has 1 amide bonds. The zero-order valence-electron chi connectivity index (χ0n) is 14.4. The lowest BCUT2D eigenvalue weighted by Gasteiger charge is -1.99. The van der Waals surface area contributed by atoms with Crippen molar-refractivity contribution in [2.45, 2.75) is 0 Å². The summed E-state index contributed by atoms with van der Waals surface area (Å²) in [4.78, 5) is 17.1. The van der Waals surface area contributed by atoms with Crippen molar-refractivity contribution in [2.75, 3.05) is 0 Å². The molecule has 0 saturated carbocycles. The van der Waals surface area contributed by atoms with Gasteiger partial charge in [-0.1, -0.05) is 46.4 Å². The molecular formula is C20H10Cl4N2O2S. The van der Waals surface area contributed by atoms with E-state index in [0.717, 1.165) is 5.56 Å². The van der Waals surface area contributed by atoms with Crippen LogP contribution < -0.4 is 5.32 Å². The van der Waals surface area contributed by atoms with Crippen molar-refractivity contribution in [3.05, 3.63) is 79.3 Å². The molecule has 0 bridgehead atoms. The van der Waals surface area contributed by atoms with Gasteiger partial charge in [-0.3, -0.25) is 4.79 Å². The summed E-state index contributed by atoms with van der Waals surface area (Å²) in [5.41, 5.74) is 1.37. The van der Waals surface area contributed by atoms with Gasteiger partial charge in [-0.2, -0.15) is 0 Å². The van der Waals surface area contributed by atoms with Crippen LogP contribution in [0.25, 0.3) is 17.4 Å². The van der Waals surface area contributed by atoms with Gasteiger partial charge < -0.3 is 9.73 Å². The maximum atomic E-state index is 12.3. The summed E-state index contributed by atoms with van der Waals surface area (Å²) < 4.78 is 5.81. The Bertz CT molecular complexity index is 1190. The summed E-state index contributed by atoms with van der Waals surface area (Å²) in [6, 6.07) is 13.8. The number of hydrogen-bond acceptors (Lipinski definition) is 4. The topological polar surface area (TPSA) is 54.6 Å². The zero-order valence-corrected chi connectivity index (χ0v) is 18.2. The summed E-state index contributed by atoms with van der Waals surface area (Å²) in [6.45, 7) is 0. The van der Waals surface area contributed by atoms with Gasteiger partial charge in [-0.25, -0.2) is 4.99 Å². The fourth-order valence-electron chi connectivity index (χ4n) is 2.52. The Hall–Kier alpha value is -1.89. The third kappa shape index (κ3) is 4.65. The number of nitrogens with zero attached hydrogens (tertiary/aromatic N) is 1. The Balaban J connectivity index is 1.55. The summed E-state index contributed by atoms with van der Waals surface area (Å²) in [5, 5.41) is 4.90. The van der Waals surface area contributed by atoms with Crippen LogP contribution in [0.15, 0.2) is 62.8 Å². The summed E-state index contributed by atoms with van der Waals surface area (Å²) in [5.74, 6) is 0.879. The number of halogens is 4. The van der Waals surface area contributed by atoms with Crippen molar-refractivity contribution in [1.82, 2.24) is 5.32 Å². The molecule has 9 heteroatoms. The minimum Gasteiger partial charge on any atom is -0.457 e. The van der Waals surface area contributed by atoms with Crippen LogP contribution in [0.5, 0.6) is 0 Å². The number of furan rings is 1. The molecule has 29 heavy (non-hydrogen) atoms. The van der Waals surface area contributed by atoms with E-state index in [1.807, 2.05) is 6.07 Å². The fraction of sp³-hybridized carbons (Fsp3) is 0. The largest absolute Gasteiger partial charge is 0.457 e. The van der Waals surface area contributed by atoms with E-state index in [2.05, 4.69) is 10.3 Å². The number of hydrogen-bond donors (Lipinski definition) is 1. The van der Waals surface area contributed by atoms with E-state index in [4.69, 9.17) is 50.8 Å². The normalized spacial score (nSPS) is 16.6. The van der Waals surface area contributed by atoms with Crippen LogP contribution in [0, 0.1) is 0 Å². The maximum Gasteiger partial charge on any atom is 0.264 e. The number of rotatable bonds is 3. The van der Waals surface area contributed by atoms with Crippen molar-refractivity contribution in [2.24, 2.45) is 4.99 Å². The quantitative estimate of drug-likeness (QED) is 0.393. The number of carbonyl (C=O) groups is 1. The van der Waals surface area contributed by atoms with E-state index in [1.54, 1.807) is 48.5 Å². The van der Waals surface area contributed by atoms with Gasteiger partial charge in [0.05, 0.1) is 30.7 Å². The minimum atomic E-state index is -0.263. The smallest absolute Gasteiger partial charge is 0.264 e. The van der Waals surface area contributed by atoms with E-state index in [-0.39, 0.29) is 5.91 Å². The molecule has 1 aliphatic rings. The lowest BCUT2D eigenvalue weighted by atomic mass is 10.2. The van der Waals surface area contributed by atoms with Crippen molar-refractivity contribution < 1.29 is 9.21 Å². The van der Waals surface area contributed by atoms with Crippen LogP contribution in [-0.4, -0.2) is 11.1 Å². The molecule has 4 nitrogen and oxygen atoms in total. The van der Waals surface area contributed by atoms with E-state index < -0.39 is 0 Å². The number of nitrogens with one attached hydrogen (secondary N) is 1. The average Bonchev–Trinajstić information content (AvgIpc) is 3.28. The Morgan fingerprint density at radius 3 is 2.34 bits per heavy atom. The molecule has 4 rings (SSSR count). The first-order valence-corrected chi connectivity index (χ1v) is 10.5. The number of thioether (sulfide) groups is 1. The van der Waals surface area contributed by atoms with Crippen LogP contribution >= 0.6 is 58.2 Å². The van der Waals surface area contributed by atoms with E-state index in [0.29, 0.717) is 47.4 Å². The first kappa shape index (κ1) is 20.4. The van der Waals surface area contributed by atoms with Gasteiger partial charge in [-0.15, -0.1) is 0 Å². The summed E-state index contributed by atoms with van der Waals surface area (Å²) in [6.07, 6.45) is 1.65. The van der Waals surface area contributed by atoms with Crippen LogP contribution in [0.3, 0.4) is 0 Å². The molecule has 3 aromatic rings. The van der Waals surface area contributed by atoms with Gasteiger partial charge >= 0.3 is 0 Å². The third-order valence-corrected chi connectivity index (χ3v) is 6.28. The predicted molar refractivity (Wildman–Crippen MR) is 121 cm³/mol. The molecule has 0 spiro atoms. The highest BCUT2D eigenvalue weighted by Crippen LogP contribution is 2.33. The number of amidine groups is 1. The minimum absolute atomic E-state index is 0.263. The first-order valence-electron chi connectivity index (χ1n) is 8.19. The first-order chi connectivity index (χ1) is 13.9. The molecule has 2 aromatic carbocycles. The molecule has 0 aliphatic carbocycles. The predicted octanol–water partition coefficient (Wildman–Crippen LogP) is 7.45. The summed E-state index contributed by atoms with van der Waals surface area (Å²) >= 11 is 25.1. The maximum absolute atomic E-state index is 12.3. The van der Waals surface area contributed by atoms with E-state index >= 15 is 0 Å². The SMILES string of the molecule is O=C1NC(=Nc2ccc(Cl)c(Cl)c2)SC1=Cc1ccc(-c2ccc(Cl)c(Cl)c2)o1. The Morgan fingerprint density at radius 1 is 0.897 bits per heavy atom. The second kappa shape index (κ2) is 8.46. The van der Waals surface area contributed by atoms with E-state index in [9.17, 15) is 4.79 Å². The molecule has 1 saturated heterocycles. The van der Waals surface area contributed by atoms with Gasteiger partial charge in [0, 0.05) is 11.6 Å². The van der Waals surface area contributed by atoms with Crippen LogP contribution in [-0.2, 0) is 4.79 Å². The molecule has 1 aromatic heterocycles. The lowest BCUT2D eigenvalue weighted by Crippen LogP contribution is -2.19. The molecule has 0 atom stereocenters. The average molecular weight is 484 g/mol. The highest BCUT2D eigenvalue weighted by atomic mass is 35.5. The molecular weight excluding hydrogens is 474 g/mol. The zero-order chi connectivity index (χ0) is 20.5. The number of amides is 1. The molecule has 2 heterocycles. The highest BCUT2D eigenvalue weighted by molar-refractivity contribution is 8.18. The second-order valence-corrected chi connectivity index (χ2v) is 8.57. The van der Waals surface area contributed by atoms with Gasteiger partial charge in [0.25, 0.3) is 5.91 Å². The van der Waals surface area contributed by atoms with Crippen LogP contribution in [0.1, 0.15) is 5.76 Å². The van der Waals surface area contributed by atoms with Crippen molar-refractivity contribution >= 4 is 81.0 Å². The van der Waals surface area contributed by atoms with Gasteiger partial charge in [0.2, 0.25) is 0 Å². The summed E-state index contributed by atoms with van der Waals surface area (Å²) in [7, 11) is 0. The number of aliphatic imine (C=N–C) groups is 1. The molecule has 1 fully saturated rings. The van der Waals surface area contributed by atoms with Crippen molar-refractivity contribution in [1.29, 1.82) is 0 Å².